The molecule has 0 saturated carbocycles. The molecule has 2 aromatic carbocycles. The van der Waals surface area contributed by atoms with Crippen molar-refractivity contribution in [2.75, 3.05) is 35.0 Å². The van der Waals surface area contributed by atoms with E-state index in [1.165, 1.54) is 30.1 Å². The maximum absolute atomic E-state index is 13.9. The molecule has 2 heterocycles. The van der Waals surface area contributed by atoms with Crippen molar-refractivity contribution in [3.63, 3.8) is 0 Å². The lowest BCUT2D eigenvalue weighted by molar-refractivity contribution is -0.139. The van der Waals surface area contributed by atoms with Gasteiger partial charge in [0.2, 0.25) is 0 Å². The van der Waals surface area contributed by atoms with Crippen molar-refractivity contribution >= 4 is 39.3 Å². The van der Waals surface area contributed by atoms with Gasteiger partial charge in [-0.2, -0.15) is 0 Å². The molecule has 38 heavy (non-hydrogen) atoms. The number of hydrogen-bond acceptors (Lipinski definition) is 9. The molecule has 1 aliphatic heterocycles. The van der Waals surface area contributed by atoms with Crippen LogP contribution in [-0.2, 0) is 9.53 Å². The monoisotopic (exact) mass is 602 g/mol. The number of fused-ring (bicyclic) bond motifs is 1. The number of benzene rings is 2. The van der Waals surface area contributed by atoms with Gasteiger partial charge in [-0.3, -0.25) is 9.36 Å². The Morgan fingerprint density at radius 2 is 1.74 bits per heavy atom. The van der Waals surface area contributed by atoms with Gasteiger partial charge in [-0.1, -0.05) is 27.3 Å². The van der Waals surface area contributed by atoms with Crippen LogP contribution in [0.15, 0.2) is 55.9 Å². The lowest BCUT2D eigenvalue weighted by atomic mass is 9.95. The Kier molecular flexibility index (Phi) is 8.27. The van der Waals surface area contributed by atoms with E-state index in [0.717, 1.165) is 0 Å². The molecule has 1 aliphatic rings. The Labute approximate surface area is 231 Å². The van der Waals surface area contributed by atoms with Crippen LogP contribution < -0.4 is 33.8 Å². The Morgan fingerprint density at radius 3 is 2.37 bits per heavy atom. The number of methoxy groups -OCH3 is 4. The summed E-state index contributed by atoms with van der Waals surface area (Å²) >= 11 is 4.82. The average Bonchev–Trinajstić information content (AvgIpc) is 3.21. The zero-order valence-electron chi connectivity index (χ0n) is 21.8. The largest absolute Gasteiger partial charge is 0.497 e. The van der Waals surface area contributed by atoms with Gasteiger partial charge >= 0.3 is 5.97 Å². The van der Waals surface area contributed by atoms with E-state index in [-0.39, 0.29) is 17.7 Å². The smallest absolute Gasteiger partial charge is 0.338 e. The van der Waals surface area contributed by atoms with Gasteiger partial charge in [-0.05, 0) is 55.8 Å². The number of carbonyl (C=O) groups is 1. The molecule has 0 radical (unpaired) electrons. The second kappa shape index (κ2) is 11.4. The highest BCUT2D eigenvalue weighted by molar-refractivity contribution is 9.10. The molecule has 1 aromatic heterocycles. The first kappa shape index (κ1) is 27.5. The van der Waals surface area contributed by atoms with Gasteiger partial charge in [0.15, 0.2) is 16.3 Å². The van der Waals surface area contributed by atoms with E-state index in [4.69, 9.17) is 23.7 Å². The van der Waals surface area contributed by atoms with Crippen molar-refractivity contribution in [1.82, 2.24) is 4.57 Å². The molecule has 1 atom stereocenters. The molecule has 0 aliphatic carbocycles. The number of allylic oxidation sites excluding steroid dienone is 1. The van der Waals surface area contributed by atoms with Crippen LogP contribution in [-0.4, -0.2) is 45.6 Å². The molecule has 0 saturated heterocycles. The number of ether oxygens (including phenoxy) is 5. The molecule has 0 amide bonds. The second-order valence-corrected chi connectivity index (χ2v) is 10.0. The van der Waals surface area contributed by atoms with Crippen molar-refractivity contribution in [3.05, 3.63) is 76.9 Å². The number of aromatic nitrogens is 1. The zero-order chi connectivity index (χ0) is 27.6. The molecule has 0 fully saturated rings. The molecule has 9 nitrogen and oxygen atoms in total. The first-order valence-corrected chi connectivity index (χ1v) is 13.2. The molecule has 3 aromatic rings. The number of rotatable bonds is 8. The summed E-state index contributed by atoms with van der Waals surface area (Å²) in [7, 11) is 6.19. The van der Waals surface area contributed by atoms with Gasteiger partial charge in [0.05, 0.1) is 56.9 Å². The number of thiazole rings is 1. The van der Waals surface area contributed by atoms with Crippen molar-refractivity contribution in [3.8, 4) is 23.0 Å². The summed E-state index contributed by atoms with van der Waals surface area (Å²) in [6.45, 7) is 3.64. The summed E-state index contributed by atoms with van der Waals surface area (Å²) in [5.41, 5.74) is 1.69. The van der Waals surface area contributed by atoms with E-state index >= 15 is 0 Å². The fraction of sp³-hybridized carbons (Fsp3) is 0.296. The second-order valence-electron chi connectivity index (χ2n) is 8.14. The Hall–Kier alpha value is -3.57. The van der Waals surface area contributed by atoms with Gasteiger partial charge in [-0.15, -0.1) is 0 Å². The number of esters is 1. The summed E-state index contributed by atoms with van der Waals surface area (Å²) < 4.78 is 29.7. The van der Waals surface area contributed by atoms with Gasteiger partial charge < -0.3 is 23.7 Å². The van der Waals surface area contributed by atoms with Crippen LogP contribution >= 0.6 is 27.3 Å². The quantitative estimate of drug-likeness (QED) is 0.363. The van der Waals surface area contributed by atoms with Crippen LogP contribution in [0.2, 0.25) is 0 Å². The van der Waals surface area contributed by atoms with Crippen molar-refractivity contribution in [2.45, 2.75) is 19.9 Å². The summed E-state index contributed by atoms with van der Waals surface area (Å²) in [4.78, 5) is 32.2. The van der Waals surface area contributed by atoms with Crippen LogP contribution in [0, 0.1) is 0 Å². The maximum atomic E-state index is 13.9. The standard InChI is InChI=1S/C27H27BrN2O7S/c1-7-37-26(32)23-14(2)29-27-30(24(23)17-12-20(35-5)21(36-6)13-18(17)28)25(31)22(38-27)11-15-10-16(33-3)8-9-19(15)34-4/h8-13,24H,7H2,1-6H3/b22-11-/t24-/m1/s1. The van der Waals surface area contributed by atoms with E-state index in [2.05, 4.69) is 20.9 Å². The van der Waals surface area contributed by atoms with Crippen LogP contribution in [0.25, 0.3) is 6.08 Å². The number of nitrogens with zero attached hydrogens (tertiary/aromatic N) is 2. The summed E-state index contributed by atoms with van der Waals surface area (Å²) in [6.07, 6.45) is 1.73. The number of hydrogen-bond donors (Lipinski definition) is 0. The van der Waals surface area contributed by atoms with E-state index in [1.807, 2.05) is 0 Å². The predicted molar refractivity (Wildman–Crippen MR) is 147 cm³/mol. The third kappa shape index (κ3) is 4.95. The summed E-state index contributed by atoms with van der Waals surface area (Å²) in [6, 6.07) is 8.00. The molecule has 4 rings (SSSR count). The molecule has 0 unspecified atom stereocenters. The minimum absolute atomic E-state index is 0.176. The van der Waals surface area contributed by atoms with Crippen molar-refractivity contribution < 1.29 is 28.5 Å². The fourth-order valence-electron chi connectivity index (χ4n) is 4.26. The van der Waals surface area contributed by atoms with Crippen LogP contribution in [0.3, 0.4) is 0 Å². The molecule has 0 bridgehead atoms. The zero-order valence-corrected chi connectivity index (χ0v) is 24.2. The number of halogens is 1. The third-order valence-electron chi connectivity index (χ3n) is 6.04. The molecule has 0 spiro atoms. The van der Waals surface area contributed by atoms with Crippen LogP contribution in [0.1, 0.15) is 31.0 Å². The summed E-state index contributed by atoms with van der Waals surface area (Å²) in [5.74, 6) is 1.60. The topological polar surface area (TPSA) is 97.6 Å². The average molecular weight is 603 g/mol. The highest BCUT2D eigenvalue weighted by Gasteiger charge is 2.35. The molecular formula is C27H27BrN2O7S. The van der Waals surface area contributed by atoms with Crippen LogP contribution in [0.5, 0.6) is 23.0 Å². The minimum atomic E-state index is -0.825. The normalized spacial score (nSPS) is 15.0. The molecular weight excluding hydrogens is 576 g/mol. The Bertz CT molecular complexity index is 1610. The SMILES string of the molecule is CCOC(=O)C1=C(C)N=c2s/c(=C\c3cc(OC)ccc3OC)c(=O)n2[C@@H]1c1cc(OC)c(OC)cc1Br. The van der Waals surface area contributed by atoms with Crippen molar-refractivity contribution in [1.29, 1.82) is 0 Å². The highest BCUT2D eigenvalue weighted by atomic mass is 79.9. The van der Waals surface area contributed by atoms with E-state index in [9.17, 15) is 9.59 Å². The van der Waals surface area contributed by atoms with Gasteiger partial charge in [0, 0.05) is 10.0 Å². The van der Waals surface area contributed by atoms with Gasteiger partial charge in [0.25, 0.3) is 5.56 Å². The number of carbonyl (C=O) groups excluding carboxylic acids is 1. The third-order valence-corrected chi connectivity index (χ3v) is 7.71. The van der Waals surface area contributed by atoms with Crippen molar-refractivity contribution in [2.24, 2.45) is 4.99 Å². The Balaban J connectivity index is 2.02. The lowest BCUT2D eigenvalue weighted by Crippen LogP contribution is -2.40. The molecule has 200 valence electrons. The summed E-state index contributed by atoms with van der Waals surface area (Å²) in [5, 5.41) is 0. The fourth-order valence-corrected chi connectivity index (χ4v) is 5.84. The predicted octanol–water partition coefficient (Wildman–Crippen LogP) is 3.60. The molecule has 11 heteroatoms. The van der Waals surface area contributed by atoms with Crippen LogP contribution in [0.4, 0.5) is 0 Å². The minimum Gasteiger partial charge on any atom is -0.497 e. The lowest BCUT2D eigenvalue weighted by Gasteiger charge is -2.26. The van der Waals surface area contributed by atoms with Gasteiger partial charge in [0.1, 0.15) is 11.5 Å². The highest BCUT2D eigenvalue weighted by Crippen LogP contribution is 2.40. The van der Waals surface area contributed by atoms with E-state index in [1.54, 1.807) is 64.5 Å². The van der Waals surface area contributed by atoms with E-state index < -0.39 is 12.0 Å². The van der Waals surface area contributed by atoms with Gasteiger partial charge in [-0.25, -0.2) is 9.79 Å². The maximum Gasteiger partial charge on any atom is 0.338 e. The van der Waals surface area contributed by atoms with E-state index in [0.29, 0.717) is 53.6 Å². The first-order chi connectivity index (χ1) is 18.3. The Morgan fingerprint density at radius 1 is 1.05 bits per heavy atom. The first-order valence-electron chi connectivity index (χ1n) is 11.6. The molecule has 0 N–H and O–H groups in total.